The van der Waals surface area contributed by atoms with E-state index in [1.54, 1.807) is 0 Å². The van der Waals surface area contributed by atoms with Crippen LogP contribution in [0.1, 0.15) is 56.9 Å². The van der Waals surface area contributed by atoms with Crippen molar-refractivity contribution < 1.29 is 0 Å². The van der Waals surface area contributed by atoms with Crippen molar-refractivity contribution in [3.8, 4) is 0 Å². The van der Waals surface area contributed by atoms with Crippen molar-refractivity contribution >= 4 is 5.69 Å². The summed E-state index contributed by atoms with van der Waals surface area (Å²) in [7, 11) is 0. The van der Waals surface area contributed by atoms with Crippen LogP contribution in [0.3, 0.4) is 0 Å². The normalized spacial score (nSPS) is 11.6. The minimum Gasteiger partial charge on any atom is -0.376 e. The average molecular weight is 275 g/mol. The lowest BCUT2D eigenvalue weighted by atomic mass is 10.3. The van der Waals surface area contributed by atoms with Crippen LogP contribution in [-0.2, 0) is 6.54 Å². The molecule has 0 atom stereocenters. The monoisotopic (exact) mass is 275 g/mol. The van der Waals surface area contributed by atoms with Crippen LogP contribution in [0.2, 0.25) is 0 Å². The van der Waals surface area contributed by atoms with E-state index in [0.717, 1.165) is 17.9 Å². The maximum atomic E-state index is 4.60. The molecule has 0 radical (unpaired) electrons. The van der Waals surface area contributed by atoms with Crippen LogP contribution in [-0.4, -0.2) is 19.3 Å². The third-order valence-corrected chi connectivity index (χ3v) is 3.56. The van der Waals surface area contributed by atoms with Gasteiger partial charge in [-0.25, -0.2) is 4.98 Å². The van der Waals surface area contributed by atoms with Gasteiger partial charge in [-0.15, -0.1) is 0 Å². The molecule has 2 rings (SSSR count). The van der Waals surface area contributed by atoms with Gasteiger partial charge in [-0.1, -0.05) is 0 Å². The second kappa shape index (κ2) is 5.69. The molecular formula is C15H25N5. The molecule has 0 fully saturated rings. The zero-order valence-electron chi connectivity index (χ0n) is 13.3. The van der Waals surface area contributed by atoms with Gasteiger partial charge in [-0.3, -0.25) is 4.68 Å². The Hall–Kier alpha value is -1.78. The highest BCUT2D eigenvalue weighted by atomic mass is 15.3. The first-order valence-electron chi connectivity index (χ1n) is 7.22. The van der Waals surface area contributed by atoms with Gasteiger partial charge in [0.1, 0.15) is 0 Å². The number of anilines is 1. The zero-order valence-corrected chi connectivity index (χ0v) is 13.3. The summed E-state index contributed by atoms with van der Waals surface area (Å²) in [6.07, 6.45) is 3.81. The first-order valence-corrected chi connectivity index (χ1v) is 7.22. The van der Waals surface area contributed by atoms with Gasteiger partial charge < -0.3 is 9.88 Å². The summed E-state index contributed by atoms with van der Waals surface area (Å²) >= 11 is 0. The molecule has 2 aromatic rings. The largest absolute Gasteiger partial charge is 0.376 e. The molecule has 20 heavy (non-hydrogen) atoms. The van der Waals surface area contributed by atoms with Crippen LogP contribution in [0.25, 0.3) is 0 Å². The number of nitrogens with one attached hydrogen (secondary N) is 1. The highest BCUT2D eigenvalue weighted by Gasteiger charge is 2.14. The Morgan fingerprint density at radius 1 is 1.15 bits per heavy atom. The van der Waals surface area contributed by atoms with E-state index in [4.69, 9.17) is 0 Å². The van der Waals surface area contributed by atoms with Gasteiger partial charge in [0.25, 0.3) is 0 Å². The summed E-state index contributed by atoms with van der Waals surface area (Å²) < 4.78 is 4.25. The van der Waals surface area contributed by atoms with E-state index in [-0.39, 0.29) is 0 Å². The van der Waals surface area contributed by atoms with Crippen LogP contribution in [0, 0.1) is 13.8 Å². The molecule has 2 heterocycles. The lowest BCUT2D eigenvalue weighted by Crippen LogP contribution is -2.10. The summed E-state index contributed by atoms with van der Waals surface area (Å²) in [4.78, 5) is 4.24. The topological polar surface area (TPSA) is 47.7 Å². The molecule has 0 saturated carbocycles. The fourth-order valence-electron chi connectivity index (χ4n) is 2.53. The minimum absolute atomic E-state index is 0.380. The van der Waals surface area contributed by atoms with Crippen molar-refractivity contribution in [1.29, 1.82) is 0 Å². The molecule has 5 heteroatoms. The molecule has 0 aliphatic carbocycles. The molecule has 0 bridgehead atoms. The Balaban J connectivity index is 2.17. The number of hydrogen-bond acceptors (Lipinski definition) is 3. The van der Waals surface area contributed by atoms with E-state index in [0.29, 0.717) is 12.1 Å². The Kier molecular flexibility index (Phi) is 4.16. The first kappa shape index (κ1) is 14.6. The molecule has 0 spiro atoms. The highest BCUT2D eigenvalue weighted by Crippen LogP contribution is 2.23. The number of rotatable bonds is 5. The molecular weight excluding hydrogens is 250 g/mol. The summed E-state index contributed by atoms with van der Waals surface area (Å²) in [6, 6.07) is 0.806. The molecule has 2 aromatic heterocycles. The maximum Gasteiger partial charge on any atom is 0.0951 e. The van der Waals surface area contributed by atoms with E-state index in [1.165, 1.54) is 11.4 Å². The number of aromatic nitrogens is 4. The van der Waals surface area contributed by atoms with Crippen LogP contribution in [0.5, 0.6) is 0 Å². The standard InChI is InChI=1S/C15H25N5/c1-10(2)19-9-16-7-14(19)8-17-15-12(5)18-20(11(3)4)13(15)6/h7,9-11,17H,8H2,1-6H3. The van der Waals surface area contributed by atoms with Crippen molar-refractivity contribution in [2.45, 2.75) is 60.2 Å². The van der Waals surface area contributed by atoms with E-state index < -0.39 is 0 Å². The van der Waals surface area contributed by atoms with Crippen molar-refractivity contribution in [3.63, 3.8) is 0 Å². The molecule has 0 unspecified atom stereocenters. The zero-order chi connectivity index (χ0) is 14.9. The van der Waals surface area contributed by atoms with E-state index in [1.807, 2.05) is 19.4 Å². The maximum absolute atomic E-state index is 4.60. The molecule has 0 aliphatic rings. The second-order valence-corrected chi connectivity index (χ2v) is 5.82. The summed E-state index contributed by atoms with van der Waals surface area (Å²) in [5.74, 6) is 0. The predicted molar refractivity (Wildman–Crippen MR) is 82.0 cm³/mol. The van der Waals surface area contributed by atoms with E-state index in [9.17, 15) is 0 Å². The molecule has 0 aliphatic heterocycles. The Bertz CT molecular complexity index is 577. The Labute approximate surface area is 121 Å². The third-order valence-electron chi connectivity index (χ3n) is 3.56. The van der Waals surface area contributed by atoms with Gasteiger partial charge in [0, 0.05) is 18.3 Å². The quantitative estimate of drug-likeness (QED) is 0.909. The lowest BCUT2D eigenvalue weighted by molar-refractivity contribution is 0.516. The Morgan fingerprint density at radius 2 is 1.85 bits per heavy atom. The molecule has 1 N–H and O–H groups in total. The van der Waals surface area contributed by atoms with Crippen molar-refractivity contribution in [1.82, 2.24) is 19.3 Å². The van der Waals surface area contributed by atoms with Gasteiger partial charge in [0.2, 0.25) is 0 Å². The fourth-order valence-corrected chi connectivity index (χ4v) is 2.53. The smallest absolute Gasteiger partial charge is 0.0951 e. The fraction of sp³-hybridized carbons (Fsp3) is 0.600. The van der Waals surface area contributed by atoms with Crippen molar-refractivity contribution in [2.24, 2.45) is 0 Å². The average Bonchev–Trinajstić information content (AvgIpc) is 2.93. The molecule has 0 aromatic carbocycles. The van der Waals surface area contributed by atoms with Crippen LogP contribution in [0.15, 0.2) is 12.5 Å². The summed E-state index contributed by atoms with van der Waals surface area (Å²) in [5.41, 5.74) is 4.56. The van der Waals surface area contributed by atoms with E-state index >= 15 is 0 Å². The van der Waals surface area contributed by atoms with Crippen molar-refractivity contribution in [3.05, 3.63) is 29.6 Å². The van der Waals surface area contributed by atoms with Crippen LogP contribution >= 0.6 is 0 Å². The third kappa shape index (κ3) is 2.71. The molecule has 5 nitrogen and oxygen atoms in total. The van der Waals surface area contributed by atoms with Gasteiger partial charge in [-0.2, -0.15) is 5.10 Å². The van der Waals surface area contributed by atoms with Gasteiger partial charge in [0.15, 0.2) is 0 Å². The summed E-state index contributed by atoms with van der Waals surface area (Å²) in [5, 5.41) is 8.11. The molecule has 0 saturated heterocycles. The second-order valence-electron chi connectivity index (χ2n) is 5.82. The van der Waals surface area contributed by atoms with Crippen LogP contribution < -0.4 is 5.32 Å². The van der Waals surface area contributed by atoms with Crippen molar-refractivity contribution in [2.75, 3.05) is 5.32 Å². The SMILES string of the molecule is Cc1nn(C(C)C)c(C)c1NCc1cncn1C(C)C. The molecule has 110 valence electrons. The minimum atomic E-state index is 0.380. The number of hydrogen-bond donors (Lipinski definition) is 1. The van der Waals surface area contributed by atoms with E-state index in [2.05, 4.69) is 59.3 Å². The van der Waals surface area contributed by atoms with Gasteiger partial charge in [0.05, 0.1) is 35.6 Å². The van der Waals surface area contributed by atoms with Gasteiger partial charge >= 0.3 is 0 Å². The number of imidazole rings is 1. The first-order chi connectivity index (χ1) is 9.41. The highest BCUT2D eigenvalue weighted by molar-refractivity contribution is 5.52. The molecule has 0 amide bonds. The predicted octanol–water partition coefficient (Wildman–Crippen LogP) is 3.47. The summed E-state index contributed by atoms with van der Waals surface area (Å²) in [6.45, 7) is 13.6. The number of aryl methyl sites for hydroxylation is 1. The number of nitrogens with zero attached hydrogens (tertiary/aromatic N) is 4. The Morgan fingerprint density at radius 3 is 2.40 bits per heavy atom. The van der Waals surface area contributed by atoms with Gasteiger partial charge in [-0.05, 0) is 41.5 Å². The lowest BCUT2D eigenvalue weighted by Gasteiger charge is -2.13. The van der Waals surface area contributed by atoms with Crippen LogP contribution in [0.4, 0.5) is 5.69 Å².